The minimum absolute atomic E-state index is 0.0506. The monoisotopic (exact) mass is 596 g/mol. The molecule has 0 heterocycles. The Labute approximate surface area is 239 Å². The molecular formula is C33H32F8O. The maximum absolute atomic E-state index is 15.7. The average Bonchev–Trinajstić information content (AvgIpc) is 2.93. The van der Waals surface area contributed by atoms with E-state index in [0.29, 0.717) is 80.0 Å². The van der Waals surface area contributed by atoms with Crippen molar-refractivity contribution in [3.05, 3.63) is 98.9 Å². The Hall–Kier alpha value is -3.10. The van der Waals surface area contributed by atoms with Crippen LogP contribution < -0.4 is 4.74 Å². The summed E-state index contributed by atoms with van der Waals surface area (Å²) in [5, 5.41) is 0. The molecule has 42 heavy (non-hydrogen) atoms. The summed E-state index contributed by atoms with van der Waals surface area (Å²) in [5.74, 6) is -4.72. The second kappa shape index (κ2) is 12.3. The van der Waals surface area contributed by atoms with Gasteiger partial charge in [0.2, 0.25) is 0 Å². The molecule has 2 aliphatic rings. The SMILES string of the molecule is CCc1cc(F)c(CCC2CCc3c(cc(F)c(C4CCC(c5ccc(OC(F)(F)F)c(F)c5)CC4)c3F)C2)c(F)c1. The Kier molecular flexibility index (Phi) is 8.86. The van der Waals surface area contributed by atoms with Gasteiger partial charge in [-0.25, -0.2) is 22.0 Å². The van der Waals surface area contributed by atoms with Crippen LogP contribution in [0.15, 0.2) is 36.4 Å². The first-order valence-electron chi connectivity index (χ1n) is 14.4. The molecule has 0 spiro atoms. The summed E-state index contributed by atoms with van der Waals surface area (Å²) < 4.78 is 115. The summed E-state index contributed by atoms with van der Waals surface area (Å²) >= 11 is 0. The van der Waals surface area contributed by atoms with Gasteiger partial charge in [0.05, 0.1) is 0 Å². The van der Waals surface area contributed by atoms with E-state index in [2.05, 4.69) is 4.74 Å². The van der Waals surface area contributed by atoms with Gasteiger partial charge in [-0.05, 0) is 135 Å². The zero-order chi connectivity index (χ0) is 30.2. The standard InChI is InChI=1S/C33H32F8O/c1-2-18-14-26(34)25(27(35)15-18)11-4-19-3-10-24-23(13-19)17-29(37)31(32(24)38)21-7-5-20(6-8-21)22-9-12-30(28(36)16-22)42-33(39,40)41/h9,12,14-17,19-21H,2-8,10-11,13H2,1H3. The van der Waals surface area contributed by atoms with Crippen LogP contribution in [0.3, 0.4) is 0 Å². The van der Waals surface area contributed by atoms with E-state index in [1.807, 2.05) is 6.92 Å². The molecular weight excluding hydrogens is 564 g/mol. The predicted octanol–water partition coefficient (Wildman–Crippen LogP) is 10.0. The Morgan fingerprint density at radius 1 is 0.786 bits per heavy atom. The molecule has 1 atom stereocenters. The number of hydrogen-bond acceptors (Lipinski definition) is 1. The minimum Gasteiger partial charge on any atom is -0.403 e. The predicted molar refractivity (Wildman–Crippen MR) is 143 cm³/mol. The van der Waals surface area contributed by atoms with Crippen LogP contribution in [0.1, 0.15) is 90.7 Å². The second-order valence-corrected chi connectivity index (χ2v) is 11.5. The Bertz CT molecular complexity index is 1420. The Balaban J connectivity index is 1.23. The summed E-state index contributed by atoms with van der Waals surface area (Å²) in [6, 6.07) is 7.50. The fraction of sp³-hybridized carbons (Fsp3) is 0.455. The molecule has 2 aliphatic carbocycles. The third-order valence-electron chi connectivity index (χ3n) is 8.96. The molecule has 0 N–H and O–H groups in total. The first-order valence-corrected chi connectivity index (χ1v) is 14.4. The van der Waals surface area contributed by atoms with Gasteiger partial charge >= 0.3 is 6.36 Å². The molecule has 9 heteroatoms. The highest BCUT2D eigenvalue weighted by Crippen LogP contribution is 2.44. The number of aryl methyl sites for hydroxylation is 1. The van der Waals surface area contributed by atoms with E-state index in [4.69, 9.17) is 0 Å². The summed E-state index contributed by atoms with van der Waals surface area (Å²) in [6.07, 6.45) is -0.318. The summed E-state index contributed by atoms with van der Waals surface area (Å²) in [4.78, 5) is 0. The summed E-state index contributed by atoms with van der Waals surface area (Å²) in [6.45, 7) is 1.83. The lowest BCUT2D eigenvalue weighted by Gasteiger charge is -2.32. The van der Waals surface area contributed by atoms with Gasteiger partial charge in [-0.1, -0.05) is 13.0 Å². The maximum Gasteiger partial charge on any atom is 0.573 e. The Morgan fingerprint density at radius 3 is 2.07 bits per heavy atom. The number of fused-ring (bicyclic) bond motifs is 1. The van der Waals surface area contributed by atoms with Crippen LogP contribution in [0.25, 0.3) is 0 Å². The lowest BCUT2D eigenvalue weighted by atomic mass is 9.74. The number of benzene rings is 3. The van der Waals surface area contributed by atoms with E-state index < -0.39 is 41.2 Å². The summed E-state index contributed by atoms with van der Waals surface area (Å²) in [5.41, 5.74) is 2.33. The third kappa shape index (κ3) is 6.60. The van der Waals surface area contributed by atoms with Crippen LogP contribution in [0.4, 0.5) is 35.1 Å². The van der Waals surface area contributed by atoms with E-state index in [-0.39, 0.29) is 35.3 Å². The van der Waals surface area contributed by atoms with E-state index in [0.717, 1.165) is 12.1 Å². The van der Waals surface area contributed by atoms with E-state index >= 15 is 8.78 Å². The molecule has 3 aromatic carbocycles. The lowest BCUT2D eigenvalue weighted by molar-refractivity contribution is -0.275. The van der Waals surface area contributed by atoms with Gasteiger partial charge in [-0.15, -0.1) is 13.2 Å². The van der Waals surface area contributed by atoms with Crippen molar-refractivity contribution in [1.82, 2.24) is 0 Å². The van der Waals surface area contributed by atoms with E-state index in [1.165, 1.54) is 24.3 Å². The number of halogens is 8. The van der Waals surface area contributed by atoms with Crippen molar-refractivity contribution in [2.45, 2.75) is 89.3 Å². The quantitative estimate of drug-likeness (QED) is 0.247. The van der Waals surface area contributed by atoms with Crippen molar-refractivity contribution in [3.63, 3.8) is 0 Å². The molecule has 226 valence electrons. The molecule has 0 radical (unpaired) electrons. The number of alkyl halides is 3. The first-order chi connectivity index (χ1) is 19.9. The van der Waals surface area contributed by atoms with Gasteiger partial charge in [0.15, 0.2) is 11.6 Å². The van der Waals surface area contributed by atoms with Crippen LogP contribution in [-0.2, 0) is 25.7 Å². The molecule has 1 nitrogen and oxygen atoms in total. The van der Waals surface area contributed by atoms with Gasteiger partial charge in [-0.3, -0.25) is 0 Å². The van der Waals surface area contributed by atoms with Crippen LogP contribution in [0, 0.1) is 35.0 Å². The van der Waals surface area contributed by atoms with Crippen LogP contribution >= 0.6 is 0 Å². The van der Waals surface area contributed by atoms with Crippen molar-refractivity contribution in [1.29, 1.82) is 0 Å². The van der Waals surface area contributed by atoms with Crippen molar-refractivity contribution >= 4 is 0 Å². The topological polar surface area (TPSA) is 9.23 Å². The van der Waals surface area contributed by atoms with Crippen LogP contribution in [0.2, 0.25) is 0 Å². The third-order valence-corrected chi connectivity index (χ3v) is 8.96. The normalized spacial score (nSPS) is 20.8. The van der Waals surface area contributed by atoms with Crippen molar-refractivity contribution in [3.8, 4) is 5.75 Å². The zero-order valence-corrected chi connectivity index (χ0v) is 23.2. The van der Waals surface area contributed by atoms with Crippen molar-refractivity contribution in [2.75, 3.05) is 0 Å². The largest absolute Gasteiger partial charge is 0.573 e. The highest BCUT2D eigenvalue weighted by atomic mass is 19.4. The second-order valence-electron chi connectivity index (χ2n) is 11.5. The molecule has 1 saturated carbocycles. The van der Waals surface area contributed by atoms with E-state index in [9.17, 15) is 26.3 Å². The number of rotatable bonds is 7. The van der Waals surface area contributed by atoms with Crippen molar-refractivity contribution in [2.24, 2.45) is 5.92 Å². The van der Waals surface area contributed by atoms with Crippen molar-refractivity contribution < 1.29 is 39.9 Å². The number of hydrogen-bond donors (Lipinski definition) is 0. The highest BCUT2D eigenvalue weighted by Gasteiger charge is 2.34. The van der Waals surface area contributed by atoms with Gasteiger partial charge in [0.25, 0.3) is 0 Å². The molecule has 5 rings (SSSR count). The maximum atomic E-state index is 15.7. The molecule has 3 aromatic rings. The number of ether oxygens (including phenoxy) is 1. The van der Waals surface area contributed by atoms with E-state index in [1.54, 1.807) is 0 Å². The van der Waals surface area contributed by atoms with Crippen LogP contribution in [-0.4, -0.2) is 6.36 Å². The molecule has 0 aromatic heterocycles. The Morgan fingerprint density at radius 2 is 1.45 bits per heavy atom. The van der Waals surface area contributed by atoms with Gasteiger partial charge in [-0.2, -0.15) is 0 Å². The van der Waals surface area contributed by atoms with Crippen LogP contribution in [0.5, 0.6) is 5.75 Å². The van der Waals surface area contributed by atoms with Gasteiger partial charge in [0, 0.05) is 11.1 Å². The van der Waals surface area contributed by atoms with Gasteiger partial charge < -0.3 is 4.74 Å². The molecule has 0 bridgehead atoms. The highest BCUT2D eigenvalue weighted by molar-refractivity contribution is 5.40. The molecule has 0 amide bonds. The summed E-state index contributed by atoms with van der Waals surface area (Å²) in [7, 11) is 0. The molecule has 0 aliphatic heterocycles. The first kappa shape index (κ1) is 30.4. The fourth-order valence-corrected chi connectivity index (χ4v) is 6.70. The average molecular weight is 597 g/mol. The lowest BCUT2D eigenvalue weighted by Crippen LogP contribution is -2.21. The molecule has 1 unspecified atom stereocenters. The fourth-order valence-electron chi connectivity index (χ4n) is 6.70. The molecule has 1 fully saturated rings. The molecule has 0 saturated heterocycles. The van der Waals surface area contributed by atoms with Gasteiger partial charge in [0.1, 0.15) is 23.3 Å². The smallest absolute Gasteiger partial charge is 0.403 e. The minimum atomic E-state index is -5.00. The zero-order valence-electron chi connectivity index (χ0n) is 23.2.